The molecule has 0 radical (unpaired) electrons. The largest absolute Gasteiger partial charge is 0.460 e. The van der Waals surface area contributed by atoms with Gasteiger partial charge in [0.25, 0.3) is 0 Å². The van der Waals surface area contributed by atoms with Gasteiger partial charge in [-0.2, -0.15) is 0 Å². The van der Waals surface area contributed by atoms with Crippen molar-refractivity contribution < 1.29 is 14.3 Å². The number of hydrogen-bond donors (Lipinski definition) is 1. The Morgan fingerprint density at radius 2 is 1.95 bits per heavy atom. The lowest BCUT2D eigenvalue weighted by Gasteiger charge is -2.22. The maximum Gasteiger partial charge on any atom is 0.325 e. The number of hydrogen-bond acceptors (Lipinski definition) is 4. The fourth-order valence-corrected chi connectivity index (χ4v) is 2.43. The number of nitrogens with two attached hydrogens (primary N) is 1. The Morgan fingerprint density at radius 3 is 2.60 bits per heavy atom. The van der Waals surface area contributed by atoms with Crippen LogP contribution in [-0.2, 0) is 20.9 Å². The van der Waals surface area contributed by atoms with E-state index < -0.39 is 12.0 Å². The zero-order chi connectivity index (χ0) is 14.4. The standard InChI is InChI=1S/C16H23NO3/c1-12(20-14-9-5-6-10-14)15(17)16(18)19-11-13-7-3-2-4-8-13/h2-4,7-8,12,14-15H,5-6,9-11,17H2,1H3/t12-,15?/m1/s1. The number of esters is 1. The monoisotopic (exact) mass is 277 g/mol. The third-order valence-electron chi connectivity index (χ3n) is 3.71. The van der Waals surface area contributed by atoms with E-state index in [2.05, 4.69) is 0 Å². The molecule has 110 valence electrons. The average molecular weight is 277 g/mol. The van der Waals surface area contributed by atoms with Gasteiger partial charge < -0.3 is 15.2 Å². The second-order valence-corrected chi connectivity index (χ2v) is 5.37. The number of benzene rings is 1. The highest BCUT2D eigenvalue weighted by atomic mass is 16.5. The van der Waals surface area contributed by atoms with E-state index in [9.17, 15) is 4.79 Å². The van der Waals surface area contributed by atoms with Gasteiger partial charge in [-0.3, -0.25) is 4.79 Å². The van der Waals surface area contributed by atoms with Crippen molar-refractivity contribution in [2.24, 2.45) is 5.73 Å². The number of rotatable bonds is 6. The molecule has 1 aliphatic rings. The van der Waals surface area contributed by atoms with Crippen LogP contribution in [0.4, 0.5) is 0 Å². The predicted molar refractivity (Wildman–Crippen MR) is 77.0 cm³/mol. The first kappa shape index (κ1) is 15.0. The van der Waals surface area contributed by atoms with E-state index in [1.165, 1.54) is 12.8 Å². The van der Waals surface area contributed by atoms with Crippen LogP contribution in [0.3, 0.4) is 0 Å². The van der Waals surface area contributed by atoms with Crippen molar-refractivity contribution in [1.29, 1.82) is 0 Å². The summed E-state index contributed by atoms with van der Waals surface area (Å²) in [5.74, 6) is -0.403. The molecule has 2 N–H and O–H groups in total. The van der Waals surface area contributed by atoms with Crippen LogP contribution < -0.4 is 5.73 Å². The Hall–Kier alpha value is -1.39. The van der Waals surface area contributed by atoms with Gasteiger partial charge in [0.1, 0.15) is 12.6 Å². The van der Waals surface area contributed by atoms with Crippen molar-refractivity contribution in [3.8, 4) is 0 Å². The molecule has 0 saturated heterocycles. The summed E-state index contributed by atoms with van der Waals surface area (Å²) in [4.78, 5) is 11.9. The lowest BCUT2D eigenvalue weighted by atomic mass is 10.2. The summed E-state index contributed by atoms with van der Waals surface area (Å²) in [5, 5.41) is 0. The quantitative estimate of drug-likeness (QED) is 0.811. The molecule has 2 atom stereocenters. The fraction of sp³-hybridized carbons (Fsp3) is 0.562. The van der Waals surface area contributed by atoms with Crippen molar-refractivity contribution in [2.75, 3.05) is 0 Å². The third-order valence-corrected chi connectivity index (χ3v) is 3.71. The van der Waals surface area contributed by atoms with E-state index in [1.807, 2.05) is 37.3 Å². The summed E-state index contributed by atoms with van der Waals surface area (Å²) in [6, 6.07) is 8.85. The molecule has 0 aliphatic heterocycles. The first-order valence-corrected chi connectivity index (χ1v) is 7.28. The van der Waals surface area contributed by atoms with Crippen molar-refractivity contribution in [1.82, 2.24) is 0 Å². The van der Waals surface area contributed by atoms with Crippen molar-refractivity contribution in [3.63, 3.8) is 0 Å². The smallest absolute Gasteiger partial charge is 0.325 e. The SMILES string of the molecule is C[C@@H](OC1CCCC1)C(N)C(=O)OCc1ccccc1. The number of carbonyl (C=O) groups is 1. The van der Waals surface area contributed by atoms with Crippen LogP contribution >= 0.6 is 0 Å². The van der Waals surface area contributed by atoms with Crippen molar-refractivity contribution in [3.05, 3.63) is 35.9 Å². The normalized spacial score (nSPS) is 18.7. The molecule has 20 heavy (non-hydrogen) atoms. The highest BCUT2D eigenvalue weighted by molar-refractivity contribution is 5.76. The van der Waals surface area contributed by atoms with Crippen LogP contribution in [0.1, 0.15) is 38.2 Å². The molecule has 1 fully saturated rings. The molecule has 0 bridgehead atoms. The van der Waals surface area contributed by atoms with Gasteiger partial charge in [0, 0.05) is 0 Å². The molecule has 4 nitrogen and oxygen atoms in total. The van der Waals surface area contributed by atoms with Gasteiger partial charge in [0.05, 0.1) is 12.2 Å². The number of ether oxygens (including phenoxy) is 2. The van der Waals surface area contributed by atoms with Gasteiger partial charge in [-0.05, 0) is 25.3 Å². The van der Waals surface area contributed by atoms with Gasteiger partial charge in [0.2, 0.25) is 0 Å². The molecule has 1 saturated carbocycles. The third kappa shape index (κ3) is 4.32. The van der Waals surface area contributed by atoms with Gasteiger partial charge in [-0.25, -0.2) is 0 Å². The molecule has 1 aromatic carbocycles. The first-order valence-electron chi connectivity index (χ1n) is 7.28. The van der Waals surface area contributed by atoms with Crippen molar-refractivity contribution >= 4 is 5.97 Å². The molecule has 1 aliphatic carbocycles. The summed E-state index contributed by atoms with van der Waals surface area (Å²) >= 11 is 0. The molecule has 2 rings (SSSR count). The minimum absolute atomic E-state index is 0.248. The highest BCUT2D eigenvalue weighted by Gasteiger charge is 2.27. The zero-order valence-electron chi connectivity index (χ0n) is 12.0. The van der Waals surface area contributed by atoms with Gasteiger partial charge in [0.15, 0.2) is 0 Å². The first-order chi connectivity index (χ1) is 9.66. The Bertz CT molecular complexity index is 415. The highest BCUT2D eigenvalue weighted by Crippen LogP contribution is 2.22. The van der Waals surface area contributed by atoms with Crippen LogP contribution in [0.25, 0.3) is 0 Å². The van der Waals surface area contributed by atoms with Crippen molar-refractivity contribution in [2.45, 2.75) is 57.5 Å². The maximum absolute atomic E-state index is 11.9. The summed E-state index contributed by atoms with van der Waals surface area (Å²) in [5.41, 5.74) is 6.86. The van der Waals surface area contributed by atoms with E-state index in [-0.39, 0.29) is 18.8 Å². The van der Waals surface area contributed by atoms with Gasteiger partial charge in [-0.1, -0.05) is 43.2 Å². The lowest BCUT2D eigenvalue weighted by molar-refractivity contribution is -0.151. The predicted octanol–water partition coefficient (Wildman–Crippen LogP) is 2.40. The molecular weight excluding hydrogens is 254 g/mol. The Labute approximate surface area is 120 Å². The van der Waals surface area contributed by atoms with Crippen LogP contribution in [0.2, 0.25) is 0 Å². The summed E-state index contributed by atoms with van der Waals surface area (Å²) in [6.45, 7) is 2.09. The molecule has 4 heteroatoms. The summed E-state index contributed by atoms with van der Waals surface area (Å²) in [7, 11) is 0. The van der Waals surface area contributed by atoms with Crippen LogP contribution in [0.5, 0.6) is 0 Å². The minimum atomic E-state index is -0.723. The average Bonchev–Trinajstić information content (AvgIpc) is 2.98. The topological polar surface area (TPSA) is 61.5 Å². The Kier molecular flexibility index (Phi) is 5.56. The lowest BCUT2D eigenvalue weighted by Crippen LogP contribution is -2.44. The van der Waals surface area contributed by atoms with E-state index in [4.69, 9.17) is 15.2 Å². The van der Waals surface area contributed by atoms with Crippen LogP contribution in [0, 0.1) is 0 Å². The molecule has 0 heterocycles. The van der Waals surface area contributed by atoms with E-state index >= 15 is 0 Å². The summed E-state index contributed by atoms with van der Waals surface area (Å²) < 4.78 is 11.1. The Morgan fingerprint density at radius 1 is 1.30 bits per heavy atom. The minimum Gasteiger partial charge on any atom is -0.460 e. The van der Waals surface area contributed by atoms with Crippen LogP contribution in [0.15, 0.2) is 30.3 Å². The number of carbonyl (C=O) groups excluding carboxylic acids is 1. The molecule has 1 aromatic rings. The zero-order valence-corrected chi connectivity index (χ0v) is 12.0. The second kappa shape index (κ2) is 7.41. The van der Waals surface area contributed by atoms with Crippen LogP contribution in [-0.4, -0.2) is 24.2 Å². The molecule has 0 amide bonds. The van der Waals surface area contributed by atoms with E-state index in [0.717, 1.165) is 18.4 Å². The van der Waals surface area contributed by atoms with Gasteiger partial charge in [-0.15, -0.1) is 0 Å². The summed E-state index contributed by atoms with van der Waals surface area (Å²) in [6.07, 6.45) is 4.47. The van der Waals surface area contributed by atoms with E-state index in [0.29, 0.717) is 0 Å². The molecular formula is C16H23NO3. The Balaban J connectivity index is 1.75. The molecule has 0 aromatic heterocycles. The van der Waals surface area contributed by atoms with E-state index in [1.54, 1.807) is 0 Å². The second-order valence-electron chi connectivity index (χ2n) is 5.37. The van der Waals surface area contributed by atoms with Gasteiger partial charge >= 0.3 is 5.97 Å². The molecule has 0 spiro atoms. The maximum atomic E-state index is 11.9. The molecule has 1 unspecified atom stereocenters. The fourth-order valence-electron chi connectivity index (χ4n) is 2.43.